The second-order valence-corrected chi connectivity index (χ2v) is 7.34. The number of alkyl carbamates (subject to hydrolysis) is 1. The summed E-state index contributed by atoms with van der Waals surface area (Å²) in [5.74, 6) is 0. The van der Waals surface area contributed by atoms with Crippen molar-refractivity contribution in [1.29, 1.82) is 0 Å². The summed E-state index contributed by atoms with van der Waals surface area (Å²) in [6.07, 6.45) is 0.211. The van der Waals surface area contributed by atoms with E-state index in [1.807, 2.05) is 0 Å². The lowest BCUT2D eigenvalue weighted by atomic mass is 10.2. The summed E-state index contributed by atoms with van der Waals surface area (Å²) >= 11 is 0. The highest BCUT2D eigenvalue weighted by Gasteiger charge is 2.15. The largest absolute Gasteiger partial charge is 0.444 e. The molecule has 0 bridgehead atoms. The molecule has 1 aromatic rings. The Hall–Kier alpha value is -1.80. The van der Waals surface area contributed by atoms with Crippen LogP contribution in [0.4, 0.5) is 10.5 Å². The first-order valence-corrected chi connectivity index (χ1v) is 8.46. The van der Waals surface area contributed by atoms with Gasteiger partial charge in [-0.15, -0.1) is 0 Å². The first kappa shape index (κ1) is 18.2. The molecule has 0 aliphatic heterocycles. The zero-order valence-electron chi connectivity index (χ0n) is 13.0. The fourth-order valence-corrected chi connectivity index (χ4v) is 2.17. The molecular weight excluding hydrogens is 306 g/mol. The van der Waals surface area contributed by atoms with Gasteiger partial charge in [0.2, 0.25) is 10.0 Å². The van der Waals surface area contributed by atoms with Gasteiger partial charge in [-0.2, -0.15) is 0 Å². The summed E-state index contributed by atoms with van der Waals surface area (Å²) in [5, 5.41) is 10.8. The number of carbonyl (C=O) groups excluding carboxylic acids is 1. The molecule has 0 aliphatic carbocycles. The van der Waals surface area contributed by atoms with Gasteiger partial charge >= 0.3 is 6.09 Å². The van der Waals surface area contributed by atoms with Gasteiger partial charge in [0.1, 0.15) is 5.60 Å². The Morgan fingerprint density at radius 1 is 1.27 bits per heavy atom. The highest BCUT2D eigenvalue weighted by atomic mass is 32.2. The van der Waals surface area contributed by atoms with Crippen molar-refractivity contribution in [3.8, 4) is 0 Å². The molecule has 0 spiro atoms. The number of anilines is 1. The van der Waals surface area contributed by atoms with Gasteiger partial charge in [0, 0.05) is 18.8 Å². The number of nitrogens with one attached hydrogen (secondary N) is 2. The smallest absolute Gasteiger partial charge is 0.407 e. The molecule has 0 radical (unpaired) electrons. The van der Waals surface area contributed by atoms with Crippen molar-refractivity contribution in [3.63, 3.8) is 0 Å². The van der Waals surface area contributed by atoms with Crippen LogP contribution in [-0.2, 0) is 14.8 Å². The Morgan fingerprint density at radius 3 is 2.55 bits per heavy atom. The van der Waals surface area contributed by atoms with Gasteiger partial charge in [-0.25, -0.2) is 18.4 Å². The van der Waals surface area contributed by atoms with Crippen LogP contribution in [0.25, 0.3) is 0 Å². The number of nitrogens with two attached hydrogens (primary N) is 1. The molecule has 0 unspecified atom stereocenters. The van der Waals surface area contributed by atoms with Gasteiger partial charge in [0.25, 0.3) is 0 Å². The average molecular weight is 329 g/mol. The Labute approximate surface area is 131 Å². The molecule has 0 atom stereocenters. The molecule has 0 aliphatic rings. The number of benzene rings is 1. The predicted octanol–water partition coefficient (Wildman–Crippen LogP) is 1.66. The number of carbonyl (C=O) groups is 1. The molecule has 0 saturated heterocycles. The Bertz CT molecular complexity index is 609. The SMILES string of the molecule is CC(C)(C)OC(=O)NCCCNc1cccc(S(N)(=O)=O)c1. The lowest BCUT2D eigenvalue weighted by molar-refractivity contribution is 0.0528. The van der Waals surface area contributed by atoms with Gasteiger partial charge < -0.3 is 15.4 Å². The molecule has 0 fully saturated rings. The lowest BCUT2D eigenvalue weighted by Gasteiger charge is -2.19. The van der Waals surface area contributed by atoms with E-state index in [4.69, 9.17) is 9.88 Å². The zero-order valence-corrected chi connectivity index (χ0v) is 13.9. The van der Waals surface area contributed by atoms with E-state index in [1.54, 1.807) is 32.9 Å². The molecule has 4 N–H and O–H groups in total. The van der Waals surface area contributed by atoms with Crippen LogP contribution >= 0.6 is 0 Å². The summed E-state index contributed by atoms with van der Waals surface area (Å²) < 4.78 is 27.6. The molecule has 1 aromatic carbocycles. The second kappa shape index (κ2) is 7.46. The highest BCUT2D eigenvalue weighted by molar-refractivity contribution is 7.89. The number of hydrogen-bond acceptors (Lipinski definition) is 5. The van der Waals surface area contributed by atoms with Gasteiger partial charge in [-0.05, 0) is 45.4 Å². The average Bonchev–Trinajstić information content (AvgIpc) is 2.35. The van der Waals surface area contributed by atoms with Crippen molar-refractivity contribution >= 4 is 21.8 Å². The molecule has 0 aromatic heterocycles. The number of amides is 1. The van der Waals surface area contributed by atoms with Crippen LogP contribution < -0.4 is 15.8 Å². The minimum absolute atomic E-state index is 0.0596. The summed E-state index contributed by atoms with van der Waals surface area (Å²) in [6.45, 7) is 6.42. The van der Waals surface area contributed by atoms with Gasteiger partial charge in [-0.1, -0.05) is 6.07 Å². The summed E-state index contributed by atoms with van der Waals surface area (Å²) in [4.78, 5) is 11.5. The van der Waals surface area contributed by atoms with Crippen LogP contribution in [0, 0.1) is 0 Å². The fourth-order valence-electron chi connectivity index (χ4n) is 1.61. The predicted molar refractivity (Wildman–Crippen MR) is 85.2 cm³/mol. The normalized spacial score (nSPS) is 11.8. The number of sulfonamides is 1. The third-order valence-corrected chi connectivity index (χ3v) is 3.42. The van der Waals surface area contributed by atoms with Crippen molar-refractivity contribution in [3.05, 3.63) is 24.3 Å². The molecule has 0 saturated carbocycles. The topological polar surface area (TPSA) is 111 Å². The van der Waals surface area contributed by atoms with Crippen LogP contribution in [-0.4, -0.2) is 33.2 Å². The zero-order chi connectivity index (χ0) is 16.8. The van der Waals surface area contributed by atoms with Crippen molar-refractivity contribution in [2.45, 2.75) is 37.7 Å². The van der Waals surface area contributed by atoms with Crippen LogP contribution in [0.3, 0.4) is 0 Å². The van der Waals surface area contributed by atoms with E-state index in [0.29, 0.717) is 25.2 Å². The van der Waals surface area contributed by atoms with E-state index in [9.17, 15) is 13.2 Å². The van der Waals surface area contributed by atoms with E-state index in [2.05, 4.69) is 10.6 Å². The van der Waals surface area contributed by atoms with Crippen LogP contribution in [0.1, 0.15) is 27.2 Å². The quantitative estimate of drug-likeness (QED) is 0.687. The van der Waals surface area contributed by atoms with Crippen molar-refractivity contribution in [2.24, 2.45) is 5.14 Å². The van der Waals surface area contributed by atoms with E-state index in [0.717, 1.165) is 0 Å². The first-order chi connectivity index (χ1) is 10.1. The minimum Gasteiger partial charge on any atom is -0.444 e. The maximum atomic E-state index is 11.4. The second-order valence-electron chi connectivity index (χ2n) is 5.78. The van der Waals surface area contributed by atoms with Gasteiger partial charge in [0.05, 0.1) is 4.90 Å². The molecule has 124 valence electrons. The van der Waals surface area contributed by atoms with Gasteiger partial charge in [-0.3, -0.25) is 0 Å². The molecule has 1 amide bonds. The van der Waals surface area contributed by atoms with Gasteiger partial charge in [0.15, 0.2) is 0 Å². The molecule has 7 nitrogen and oxygen atoms in total. The van der Waals surface area contributed by atoms with Crippen molar-refractivity contribution < 1.29 is 17.9 Å². The minimum atomic E-state index is -3.70. The number of primary sulfonamides is 1. The standard InChI is InChI=1S/C14H23N3O4S/c1-14(2,3)21-13(18)17-9-5-8-16-11-6-4-7-12(10-11)22(15,19)20/h4,6-7,10,16H,5,8-9H2,1-3H3,(H,17,18)(H2,15,19,20). The summed E-state index contributed by atoms with van der Waals surface area (Å²) in [7, 11) is -3.70. The number of rotatable bonds is 6. The Balaban J connectivity index is 2.33. The van der Waals surface area contributed by atoms with Crippen LogP contribution in [0.15, 0.2) is 29.2 Å². The lowest BCUT2D eigenvalue weighted by Crippen LogP contribution is -2.33. The number of ether oxygens (including phenoxy) is 1. The molecule has 1 rings (SSSR count). The maximum Gasteiger partial charge on any atom is 0.407 e. The van der Waals surface area contributed by atoms with Crippen LogP contribution in [0.5, 0.6) is 0 Å². The molecule has 8 heteroatoms. The third-order valence-electron chi connectivity index (χ3n) is 2.51. The number of hydrogen-bond donors (Lipinski definition) is 3. The van der Waals surface area contributed by atoms with E-state index in [1.165, 1.54) is 12.1 Å². The summed E-state index contributed by atoms with van der Waals surface area (Å²) in [6, 6.07) is 6.26. The van der Waals surface area contributed by atoms with E-state index in [-0.39, 0.29) is 4.90 Å². The fraction of sp³-hybridized carbons (Fsp3) is 0.500. The first-order valence-electron chi connectivity index (χ1n) is 6.91. The third kappa shape index (κ3) is 7.28. The molecule has 0 heterocycles. The monoisotopic (exact) mass is 329 g/mol. The molecular formula is C14H23N3O4S. The van der Waals surface area contributed by atoms with Crippen LogP contribution in [0.2, 0.25) is 0 Å². The molecule has 22 heavy (non-hydrogen) atoms. The highest BCUT2D eigenvalue weighted by Crippen LogP contribution is 2.13. The van der Waals surface area contributed by atoms with Crippen molar-refractivity contribution in [1.82, 2.24) is 5.32 Å². The van der Waals surface area contributed by atoms with Crippen molar-refractivity contribution in [2.75, 3.05) is 18.4 Å². The Kier molecular flexibility index (Phi) is 6.19. The van der Waals surface area contributed by atoms with E-state index >= 15 is 0 Å². The van der Waals surface area contributed by atoms with E-state index < -0.39 is 21.7 Å². The Morgan fingerprint density at radius 2 is 1.95 bits per heavy atom. The maximum absolute atomic E-state index is 11.4. The summed E-state index contributed by atoms with van der Waals surface area (Å²) in [5.41, 5.74) is 0.139.